The molecule has 0 saturated carbocycles. The van der Waals surface area contributed by atoms with Crippen molar-refractivity contribution in [3.05, 3.63) is 88.4 Å². The molecule has 0 saturated heterocycles. The van der Waals surface area contributed by atoms with Gasteiger partial charge < -0.3 is 9.15 Å². The first-order valence-electron chi connectivity index (χ1n) is 8.70. The molecule has 1 heterocycles. The third kappa shape index (κ3) is 4.12. The van der Waals surface area contributed by atoms with Gasteiger partial charge in [0.25, 0.3) is 0 Å². The lowest BCUT2D eigenvalue weighted by molar-refractivity contribution is 0.364. The van der Waals surface area contributed by atoms with Crippen LogP contribution in [-0.2, 0) is 0 Å². The van der Waals surface area contributed by atoms with E-state index in [0.29, 0.717) is 12.5 Å². The highest BCUT2D eigenvalue weighted by molar-refractivity contribution is 9.10. The molecule has 4 heteroatoms. The quantitative estimate of drug-likeness (QED) is 0.362. The van der Waals surface area contributed by atoms with Crippen molar-refractivity contribution in [3.63, 3.8) is 0 Å². The summed E-state index contributed by atoms with van der Waals surface area (Å²) >= 11 is 3.52. The molecular formula is C23H18BrNO2. The van der Waals surface area contributed by atoms with Gasteiger partial charge in [0.1, 0.15) is 17.9 Å². The molecule has 27 heavy (non-hydrogen) atoms. The molecule has 0 amide bonds. The summed E-state index contributed by atoms with van der Waals surface area (Å²) in [6, 6.07) is 22.0. The van der Waals surface area contributed by atoms with Gasteiger partial charge in [-0.2, -0.15) is 0 Å². The van der Waals surface area contributed by atoms with Crippen LogP contribution in [0.3, 0.4) is 0 Å². The standard InChI is InChI=1S/C23H18BrNO2/c1-16-9-11-22-20(14-16)25-23(27-22)19-15-18(24)10-12-21(19)26-13-5-8-17-6-3-2-4-7-17/h2-12,14-15H,13H2,1H3. The van der Waals surface area contributed by atoms with Crippen molar-refractivity contribution < 1.29 is 9.15 Å². The molecule has 0 unspecified atom stereocenters. The van der Waals surface area contributed by atoms with E-state index >= 15 is 0 Å². The van der Waals surface area contributed by atoms with Crippen LogP contribution >= 0.6 is 15.9 Å². The number of aryl methyl sites for hydroxylation is 1. The predicted octanol–water partition coefficient (Wildman–Crippen LogP) is 6.66. The Morgan fingerprint density at radius 1 is 1.04 bits per heavy atom. The van der Waals surface area contributed by atoms with Gasteiger partial charge in [0.05, 0.1) is 5.56 Å². The molecular weight excluding hydrogens is 402 g/mol. The highest BCUT2D eigenvalue weighted by Crippen LogP contribution is 2.34. The molecule has 0 aliphatic carbocycles. The minimum Gasteiger partial charge on any atom is -0.489 e. The average Bonchev–Trinajstić information content (AvgIpc) is 3.10. The lowest BCUT2D eigenvalue weighted by Crippen LogP contribution is -1.95. The van der Waals surface area contributed by atoms with E-state index in [1.165, 1.54) is 0 Å². The number of fused-ring (bicyclic) bond motifs is 1. The number of nitrogens with zero attached hydrogens (tertiary/aromatic N) is 1. The SMILES string of the molecule is Cc1ccc2oc(-c3cc(Br)ccc3OCC=Cc3ccccc3)nc2c1. The number of rotatable bonds is 5. The van der Waals surface area contributed by atoms with Crippen LogP contribution in [0.25, 0.3) is 28.6 Å². The van der Waals surface area contributed by atoms with E-state index in [9.17, 15) is 0 Å². The number of hydrogen-bond acceptors (Lipinski definition) is 3. The summed E-state index contributed by atoms with van der Waals surface area (Å²) in [5.41, 5.74) is 4.74. The van der Waals surface area contributed by atoms with Gasteiger partial charge in [-0.3, -0.25) is 0 Å². The van der Waals surface area contributed by atoms with Gasteiger partial charge >= 0.3 is 0 Å². The van der Waals surface area contributed by atoms with Gasteiger partial charge in [0, 0.05) is 4.47 Å². The van der Waals surface area contributed by atoms with Crippen molar-refractivity contribution in [1.82, 2.24) is 4.98 Å². The molecule has 4 rings (SSSR count). The summed E-state index contributed by atoms with van der Waals surface area (Å²) in [6.07, 6.45) is 4.04. The fourth-order valence-electron chi connectivity index (χ4n) is 2.83. The summed E-state index contributed by atoms with van der Waals surface area (Å²) in [5.74, 6) is 1.29. The molecule has 0 fully saturated rings. The van der Waals surface area contributed by atoms with Crippen molar-refractivity contribution in [2.75, 3.05) is 6.61 Å². The Bertz CT molecular complexity index is 1100. The normalized spacial score (nSPS) is 11.3. The maximum atomic E-state index is 5.98. The minimum absolute atomic E-state index is 0.461. The van der Waals surface area contributed by atoms with Crippen molar-refractivity contribution >= 4 is 33.1 Å². The Morgan fingerprint density at radius 2 is 1.89 bits per heavy atom. The van der Waals surface area contributed by atoms with Crippen molar-refractivity contribution in [2.45, 2.75) is 6.92 Å². The zero-order valence-corrected chi connectivity index (χ0v) is 16.4. The van der Waals surface area contributed by atoms with E-state index in [2.05, 4.69) is 33.0 Å². The zero-order chi connectivity index (χ0) is 18.6. The summed E-state index contributed by atoms with van der Waals surface area (Å²) < 4.78 is 12.9. The van der Waals surface area contributed by atoms with Crippen LogP contribution in [0.15, 0.2) is 81.7 Å². The third-order valence-electron chi connectivity index (χ3n) is 4.16. The first-order chi connectivity index (χ1) is 13.2. The van der Waals surface area contributed by atoms with E-state index in [0.717, 1.165) is 38.0 Å². The largest absolute Gasteiger partial charge is 0.489 e. The summed E-state index contributed by atoms with van der Waals surface area (Å²) in [5, 5.41) is 0. The molecule has 0 bridgehead atoms. The van der Waals surface area contributed by atoms with Gasteiger partial charge in [-0.25, -0.2) is 4.98 Å². The first-order valence-corrected chi connectivity index (χ1v) is 9.50. The Labute approximate surface area is 166 Å². The van der Waals surface area contributed by atoms with Crippen molar-refractivity contribution in [1.29, 1.82) is 0 Å². The lowest BCUT2D eigenvalue weighted by atomic mass is 10.2. The molecule has 0 atom stereocenters. The highest BCUT2D eigenvalue weighted by atomic mass is 79.9. The van der Waals surface area contributed by atoms with Gasteiger partial charge in [0.15, 0.2) is 5.58 Å². The van der Waals surface area contributed by atoms with Crippen LogP contribution in [0.1, 0.15) is 11.1 Å². The third-order valence-corrected chi connectivity index (χ3v) is 4.65. The topological polar surface area (TPSA) is 35.3 Å². The number of halogens is 1. The maximum absolute atomic E-state index is 5.98. The second-order valence-corrected chi connectivity index (χ2v) is 7.17. The van der Waals surface area contributed by atoms with E-state index < -0.39 is 0 Å². The van der Waals surface area contributed by atoms with Crippen molar-refractivity contribution in [2.24, 2.45) is 0 Å². The molecule has 0 spiro atoms. The van der Waals surface area contributed by atoms with Crippen LogP contribution in [0.5, 0.6) is 5.75 Å². The summed E-state index contributed by atoms with van der Waals surface area (Å²) in [6.45, 7) is 2.50. The highest BCUT2D eigenvalue weighted by Gasteiger charge is 2.14. The smallest absolute Gasteiger partial charge is 0.231 e. The Hall–Kier alpha value is -2.85. The Balaban J connectivity index is 1.59. The second-order valence-electron chi connectivity index (χ2n) is 6.25. The molecule has 3 aromatic carbocycles. The molecule has 0 aliphatic rings. The fraction of sp³-hybridized carbons (Fsp3) is 0.0870. The molecule has 3 nitrogen and oxygen atoms in total. The van der Waals surface area contributed by atoms with E-state index in [4.69, 9.17) is 9.15 Å². The number of benzene rings is 3. The zero-order valence-electron chi connectivity index (χ0n) is 14.9. The van der Waals surface area contributed by atoms with Crippen molar-refractivity contribution in [3.8, 4) is 17.2 Å². The summed E-state index contributed by atoms with van der Waals surface area (Å²) in [4.78, 5) is 4.64. The first kappa shape index (κ1) is 17.6. The van der Waals surface area contributed by atoms with E-state index in [-0.39, 0.29) is 0 Å². The van der Waals surface area contributed by atoms with Gasteiger partial charge in [0.2, 0.25) is 5.89 Å². The number of oxazole rings is 1. The Morgan fingerprint density at radius 3 is 2.74 bits per heavy atom. The average molecular weight is 420 g/mol. The molecule has 0 N–H and O–H groups in total. The number of hydrogen-bond donors (Lipinski definition) is 0. The minimum atomic E-state index is 0.461. The molecule has 134 valence electrons. The molecule has 0 aliphatic heterocycles. The second kappa shape index (κ2) is 7.80. The fourth-order valence-corrected chi connectivity index (χ4v) is 3.20. The van der Waals surface area contributed by atoms with Crippen LogP contribution in [0, 0.1) is 6.92 Å². The van der Waals surface area contributed by atoms with E-state index in [1.54, 1.807) is 0 Å². The van der Waals surface area contributed by atoms with Crippen LogP contribution < -0.4 is 4.74 Å². The Kier molecular flexibility index (Phi) is 5.07. The number of ether oxygens (including phenoxy) is 1. The summed E-state index contributed by atoms with van der Waals surface area (Å²) in [7, 11) is 0. The van der Waals surface area contributed by atoms with E-state index in [1.807, 2.05) is 73.7 Å². The molecule has 1 aromatic heterocycles. The van der Waals surface area contributed by atoms with Gasteiger partial charge in [-0.1, -0.05) is 58.4 Å². The number of aromatic nitrogens is 1. The maximum Gasteiger partial charge on any atom is 0.231 e. The van der Waals surface area contributed by atoms with Gasteiger partial charge in [-0.15, -0.1) is 0 Å². The van der Waals surface area contributed by atoms with Crippen LogP contribution in [0.2, 0.25) is 0 Å². The monoisotopic (exact) mass is 419 g/mol. The molecule has 0 radical (unpaired) electrons. The predicted molar refractivity (Wildman–Crippen MR) is 113 cm³/mol. The van der Waals surface area contributed by atoms with Crippen LogP contribution in [-0.4, -0.2) is 11.6 Å². The lowest BCUT2D eigenvalue weighted by Gasteiger charge is -2.08. The van der Waals surface area contributed by atoms with Crippen LogP contribution in [0.4, 0.5) is 0 Å². The molecule has 4 aromatic rings. The van der Waals surface area contributed by atoms with Gasteiger partial charge in [-0.05, 0) is 54.5 Å².